The molecule has 0 aromatic rings. The zero-order chi connectivity index (χ0) is 10.3. The van der Waals surface area contributed by atoms with E-state index >= 15 is 0 Å². The van der Waals surface area contributed by atoms with E-state index in [9.17, 15) is 0 Å². The van der Waals surface area contributed by atoms with Gasteiger partial charge in [-0.15, -0.1) is 0 Å². The fourth-order valence-electron chi connectivity index (χ4n) is 2.64. The van der Waals surface area contributed by atoms with Crippen LogP contribution >= 0.6 is 0 Å². The molecule has 1 atom stereocenters. The summed E-state index contributed by atoms with van der Waals surface area (Å²) in [6, 6.07) is 0.734. The van der Waals surface area contributed by atoms with Gasteiger partial charge in [-0.25, -0.2) is 0 Å². The van der Waals surface area contributed by atoms with Gasteiger partial charge in [-0.2, -0.15) is 0 Å². The Kier molecular flexibility index (Phi) is 4.90. The third kappa shape index (κ3) is 4.09. The van der Waals surface area contributed by atoms with Crippen LogP contribution in [0.2, 0.25) is 0 Å². The van der Waals surface area contributed by atoms with Crippen molar-refractivity contribution in [3.8, 4) is 0 Å². The fraction of sp³-hybridized carbons (Fsp3) is 1.00. The minimum atomic E-state index is 0.734. The second-order valence-electron chi connectivity index (χ2n) is 4.90. The van der Waals surface area contributed by atoms with Crippen molar-refractivity contribution in [2.45, 2.75) is 38.1 Å². The third-order valence-electron chi connectivity index (χ3n) is 3.58. The van der Waals surface area contributed by atoms with Gasteiger partial charge < -0.3 is 15.5 Å². The van der Waals surface area contributed by atoms with E-state index in [0.717, 1.165) is 6.04 Å². The highest BCUT2D eigenvalue weighted by atomic mass is 15.1. The van der Waals surface area contributed by atoms with Crippen LogP contribution in [0, 0.1) is 0 Å². The van der Waals surface area contributed by atoms with Crippen LogP contribution in [0.15, 0.2) is 0 Å². The number of rotatable bonds is 5. The summed E-state index contributed by atoms with van der Waals surface area (Å²) in [4.78, 5) is 2.60. The Morgan fingerprint density at radius 3 is 2.80 bits per heavy atom. The molecule has 88 valence electrons. The molecule has 0 aliphatic carbocycles. The SMILES string of the molecule is C1CNCC(NCCCN2CCCC2)C1. The molecule has 2 aliphatic heterocycles. The lowest BCUT2D eigenvalue weighted by Crippen LogP contribution is -2.43. The number of piperidine rings is 1. The molecule has 2 heterocycles. The molecule has 2 N–H and O–H groups in total. The Morgan fingerprint density at radius 1 is 1.20 bits per heavy atom. The van der Waals surface area contributed by atoms with Crippen molar-refractivity contribution >= 4 is 0 Å². The molecular weight excluding hydrogens is 186 g/mol. The van der Waals surface area contributed by atoms with Crippen molar-refractivity contribution in [1.82, 2.24) is 15.5 Å². The van der Waals surface area contributed by atoms with E-state index < -0.39 is 0 Å². The maximum Gasteiger partial charge on any atom is 0.0192 e. The molecule has 0 amide bonds. The number of hydrogen-bond acceptors (Lipinski definition) is 3. The molecule has 3 nitrogen and oxygen atoms in total. The summed E-state index contributed by atoms with van der Waals surface area (Å²) in [6.07, 6.45) is 6.84. The van der Waals surface area contributed by atoms with Crippen molar-refractivity contribution in [2.24, 2.45) is 0 Å². The highest BCUT2D eigenvalue weighted by molar-refractivity contribution is 4.75. The van der Waals surface area contributed by atoms with Crippen molar-refractivity contribution in [3.63, 3.8) is 0 Å². The van der Waals surface area contributed by atoms with Gasteiger partial charge in [-0.1, -0.05) is 0 Å². The molecule has 2 rings (SSSR count). The standard InChI is InChI=1S/C12H25N3/c1-2-9-15(8-1)10-4-7-14-12-5-3-6-13-11-12/h12-14H,1-11H2. The zero-order valence-electron chi connectivity index (χ0n) is 9.80. The van der Waals surface area contributed by atoms with Crippen molar-refractivity contribution < 1.29 is 0 Å². The van der Waals surface area contributed by atoms with Crippen molar-refractivity contribution in [2.75, 3.05) is 39.3 Å². The minimum absolute atomic E-state index is 0.734. The Labute approximate surface area is 93.6 Å². The first-order valence-electron chi connectivity index (χ1n) is 6.61. The second-order valence-corrected chi connectivity index (χ2v) is 4.90. The predicted molar refractivity (Wildman–Crippen MR) is 64.2 cm³/mol. The summed E-state index contributed by atoms with van der Waals surface area (Å²) in [5, 5.41) is 7.10. The Bertz CT molecular complexity index is 160. The van der Waals surface area contributed by atoms with Crippen LogP contribution in [0.1, 0.15) is 32.1 Å². The quantitative estimate of drug-likeness (QED) is 0.659. The number of hydrogen-bond donors (Lipinski definition) is 2. The summed E-state index contributed by atoms with van der Waals surface area (Å²) in [6.45, 7) is 7.56. The van der Waals surface area contributed by atoms with E-state index in [4.69, 9.17) is 0 Å². The smallest absolute Gasteiger partial charge is 0.0192 e. The molecule has 0 spiro atoms. The minimum Gasteiger partial charge on any atom is -0.315 e. The molecule has 0 radical (unpaired) electrons. The first kappa shape index (κ1) is 11.4. The van der Waals surface area contributed by atoms with Crippen LogP contribution in [0.3, 0.4) is 0 Å². The van der Waals surface area contributed by atoms with Crippen LogP contribution in [0.25, 0.3) is 0 Å². The molecule has 0 saturated carbocycles. The number of likely N-dealkylation sites (tertiary alicyclic amines) is 1. The van der Waals surface area contributed by atoms with Crippen LogP contribution in [0.4, 0.5) is 0 Å². The third-order valence-corrected chi connectivity index (χ3v) is 3.58. The van der Waals surface area contributed by atoms with E-state index in [1.165, 1.54) is 71.4 Å². The Morgan fingerprint density at radius 2 is 2.07 bits per heavy atom. The van der Waals surface area contributed by atoms with Crippen LogP contribution < -0.4 is 10.6 Å². The molecule has 15 heavy (non-hydrogen) atoms. The lowest BCUT2D eigenvalue weighted by molar-refractivity contribution is 0.320. The number of nitrogens with zero attached hydrogens (tertiary/aromatic N) is 1. The van der Waals surface area contributed by atoms with E-state index in [1.54, 1.807) is 0 Å². The van der Waals surface area contributed by atoms with Gasteiger partial charge in [-0.3, -0.25) is 0 Å². The summed E-state index contributed by atoms with van der Waals surface area (Å²) in [7, 11) is 0. The van der Waals surface area contributed by atoms with Gasteiger partial charge in [0.05, 0.1) is 0 Å². The van der Waals surface area contributed by atoms with Gasteiger partial charge in [-0.05, 0) is 64.8 Å². The van der Waals surface area contributed by atoms with Gasteiger partial charge >= 0.3 is 0 Å². The van der Waals surface area contributed by atoms with Crippen LogP contribution in [-0.2, 0) is 0 Å². The van der Waals surface area contributed by atoms with Gasteiger partial charge in [0.15, 0.2) is 0 Å². The lowest BCUT2D eigenvalue weighted by atomic mass is 10.1. The lowest BCUT2D eigenvalue weighted by Gasteiger charge is -2.24. The van der Waals surface area contributed by atoms with Crippen LogP contribution in [-0.4, -0.2) is 50.2 Å². The Hall–Kier alpha value is -0.120. The van der Waals surface area contributed by atoms with E-state index in [1.807, 2.05) is 0 Å². The van der Waals surface area contributed by atoms with Gasteiger partial charge in [0.25, 0.3) is 0 Å². The molecule has 2 saturated heterocycles. The molecule has 2 aliphatic rings. The van der Waals surface area contributed by atoms with E-state index in [2.05, 4.69) is 15.5 Å². The summed E-state index contributed by atoms with van der Waals surface area (Å²) in [5.74, 6) is 0. The molecule has 3 heteroatoms. The molecule has 2 fully saturated rings. The second kappa shape index (κ2) is 6.46. The normalized spacial score (nSPS) is 28.4. The van der Waals surface area contributed by atoms with Crippen LogP contribution in [0.5, 0.6) is 0 Å². The summed E-state index contributed by atoms with van der Waals surface area (Å²) < 4.78 is 0. The maximum absolute atomic E-state index is 3.66. The fourth-order valence-corrected chi connectivity index (χ4v) is 2.64. The largest absolute Gasteiger partial charge is 0.315 e. The topological polar surface area (TPSA) is 27.3 Å². The average molecular weight is 211 g/mol. The highest BCUT2D eigenvalue weighted by Gasteiger charge is 2.13. The molecule has 0 aromatic carbocycles. The molecule has 0 aromatic heterocycles. The zero-order valence-corrected chi connectivity index (χ0v) is 9.80. The molecular formula is C12H25N3. The van der Waals surface area contributed by atoms with Gasteiger partial charge in [0, 0.05) is 12.6 Å². The summed E-state index contributed by atoms with van der Waals surface area (Å²) in [5.41, 5.74) is 0. The molecule has 1 unspecified atom stereocenters. The van der Waals surface area contributed by atoms with Crippen molar-refractivity contribution in [3.05, 3.63) is 0 Å². The molecule has 0 bridgehead atoms. The number of nitrogens with one attached hydrogen (secondary N) is 2. The predicted octanol–water partition coefficient (Wildman–Crippen LogP) is 0.814. The average Bonchev–Trinajstić information content (AvgIpc) is 2.79. The van der Waals surface area contributed by atoms with E-state index in [0.29, 0.717) is 0 Å². The first-order chi connectivity index (χ1) is 7.45. The first-order valence-corrected chi connectivity index (χ1v) is 6.61. The highest BCUT2D eigenvalue weighted by Crippen LogP contribution is 2.07. The van der Waals surface area contributed by atoms with E-state index in [-0.39, 0.29) is 0 Å². The van der Waals surface area contributed by atoms with Crippen molar-refractivity contribution in [1.29, 1.82) is 0 Å². The Balaban J connectivity index is 1.47. The van der Waals surface area contributed by atoms with Gasteiger partial charge in [0.1, 0.15) is 0 Å². The summed E-state index contributed by atoms with van der Waals surface area (Å²) >= 11 is 0. The maximum atomic E-state index is 3.66. The van der Waals surface area contributed by atoms with Gasteiger partial charge in [0.2, 0.25) is 0 Å². The monoisotopic (exact) mass is 211 g/mol.